The van der Waals surface area contributed by atoms with Gasteiger partial charge in [0.1, 0.15) is 6.61 Å². The molecule has 0 aliphatic carbocycles. The van der Waals surface area contributed by atoms with Gasteiger partial charge in [0.25, 0.3) is 0 Å². The number of aromatic nitrogens is 1. The van der Waals surface area contributed by atoms with Crippen molar-refractivity contribution in [3.63, 3.8) is 0 Å². The fraction of sp³-hybridized carbons (Fsp3) is 0.571. The Morgan fingerprint density at radius 2 is 2.40 bits per heavy atom. The number of carbonyl (C=O) groups is 1. The van der Waals surface area contributed by atoms with E-state index in [9.17, 15) is 9.90 Å². The maximum absolute atomic E-state index is 11.5. The first-order valence-corrected chi connectivity index (χ1v) is 6.68. The molecule has 2 rings (SSSR count). The average molecular weight is 279 g/mol. The van der Waals surface area contributed by atoms with Gasteiger partial charge in [-0.25, -0.2) is 0 Å². The first-order valence-electron chi connectivity index (χ1n) is 6.68. The number of hydrogen-bond donors (Lipinski definition) is 2. The third kappa shape index (κ3) is 3.75. The van der Waals surface area contributed by atoms with Crippen LogP contribution in [0.5, 0.6) is 0 Å². The Kier molecular flexibility index (Phi) is 5.05. The molecule has 6 nitrogen and oxygen atoms in total. The van der Waals surface area contributed by atoms with Gasteiger partial charge in [-0.15, -0.1) is 0 Å². The Labute approximate surface area is 118 Å². The molecule has 0 radical (unpaired) electrons. The standard InChI is InChI=1S/C14H21N3O3/c1-10-5-15-4-3-11(10)6-17-7-12(13(18)8-17)16-14(19)9-20-2/h3-5,12-13,18H,6-9H2,1-2H3,(H,16,19)/t12-,13-/m1/s1. The van der Waals surface area contributed by atoms with Crippen molar-refractivity contribution in [1.82, 2.24) is 15.2 Å². The third-order valence-corrected chi connectivity index (χ3v) is 3.52. The van der Waals surface area contributed by atoms with Crippen LogP contribution in [0.4, 0.5) is 0 Å². The highest BCUT2D eigenvalue weighted by Crippen LogP contribution is 2.16. The van der Waals surface area contributed by atoms with E-state index >= 15 is 0 Å². The molecule has 6 heteroatoms. The minimum atomic E-state index is -0.544. The van der Waals surface area contributed by atoms with Crippen molar-refractivity contribution in [2.75, 3.05) is 26.8 Å². The smallest absolute Gasteiger partial charge is 0.246 e. The summed E-state index contributed by atoms with van der Waals surface area (Å²) in [5.41, 5.74) is 2.32. The van der Waals surface area contributed by atoms with Crippen molar-refractivity contribution in [2.45, 2.75) is 25.6 Å². The molecule has 2 atom stereocenters. The number of ether oxygens (including phenoxy) is 1. The van der Waals surface area contributed by atoms with Gasteiger partial charge in [-0.3, -0.25) is 14.7 Å². The first-order chi connectivity index (χ1) is 9.60. The highest BCUT2D eigenvalue weighted by molar-refractivity contribution is 5.77. The van der Waals surface area contributed by atoms with Crippen LogP contribution in [0.25, 0.3) is 0 Å². The maximum Gasteiger partial charge on any atom is 0.246 e. The van der Waals surface area contributed by atoms with Gasteiger partial charge in [0, 0.05) is 39.1 Å². The van der Waals surface area contributed by atoms with Gasteiger partial charge >= 0.3 is 0 Å². The summed E-state index contributed by atoms with van der Waals surface area (Å²) in [7, 11) is 1.48. The van der Waals surface area contributed by atoms with Crippen LogP contribution in [-0.4, -0.2) is 59.8 Å². The number of methoxy groups -OCH3 is 1. The lowest BCUT2D eigenvalue weighted by molar-refractivity contribution is -0.125. The van der Waals surface area contributed by atoms with Crippen LogP contribution < -0.4 is 5.32 Å². The highest BCUT2D eigenvalue weighted by Gasteiger charge is 2.32. The van der Waals surface area contributed by atoms with Crippen molar-refractivity contribution >= 4 is 5.91 Å². The van der Waals surface area contributed by atoms with E-state index in [0.29, 0.717) is 13.1 Å². The minimum absolute atomic E-state index is 0.0205. The number of hydrogen-bond acceptors (Lipinski definition) is 5. The van der Waals surface area contributed by atoms with Gasteiger partial charge < -0.3 is 15.2 Å². The molecule has 20 heavy (non-hydrogen) atoms. The molecular formula is C14H21N3O3. The van der Waals surface area contributed by atoms with Gasteiger partial charge in [0.05, 0.1) is 12.1 Å². The molecule has 1 amide bonds. The van der Waals surface area contributed by atoms with E-state index in [4.69, 9.17) is 4.74 Å². The van der Waals surface area contributed by atoms with Gasteiger partial charge in [-0.05, 0) is 24.1 Å². The zero-order valence-corrected chi connectivity index (χ0v) is 11.9. The third-order valence-electron chi connectivity index (χ3n) is 3.52. The highest BCUT2D eigenvalue weighted by atomic mass is 16.5. The molecule has 1 aliphatic heterocycles. The lowest BCUT2D eigenvalue weighted by Crippen LogP contribution is -2.44. The molecule has 2 heterocycles. The van der Waals surface area contributed by atoms with Crippen molar-refractivity contribution in [1.29, 1.82) is 0 Å². The Hall–Kier alpha value is -1.50. The summed E-state index contributed by atoms with van der Waals surface area (Å²) in [6.07, 6.45) is 3.06. The van der Waals surface area contributed by atoms with E-state index in [2.05, 4.69) is 15.2 Å². The largest absolute Gasteiger partial charge is 0.390 e. The van der Waals surface area contributed by atoms with Crippen LogP contribution in [0.3, 0.4) is 0 Å². The normalized spacial score (nSPS) is 22.9. The molecule has 0 unspecified atom stereocenters. The van der Waals surface area contributed by atoms with E-state index < -0.39 is 6.10 Å². The Morgan fingerprint density at radius 3 is 3.10 bits per heavy atom. The molecule has 0 bridgehead atoms. The molecule has 110 valence electrons. The number of rotatable bonds is 5. The summed E-state index contributed by atoms with van der Waals surface area (Å²) >= 11 is 0. The van der Waals surface area contributed by atoms with E-state index in [1.165, 1.54) is 12.7 Å². The molecule has 1 aliphatic rings. The fourth-order valence-electron chi connectivity index (χ4n) is 2.44. The van der Waals surface area contributed by atoms with Crippen molar-refractivity contribution in [2.24, 2.45) is 0 Å². The van der Waals surface area contributed by atoms with Gasteiger partial charge in [0.2, 0.25) is 5.91 Å². The SMILES string of the molecule is COCC(=O)N[C@@H]1CN(Cc2ccncc2C)C[C@H]1O. The van der Waals surface area contributed by atoms with Gasteiger partial charge in [-0.1, -0.05) is 0 Å². The lowest BCUT2D eigenvalue weighted by Gasteiger charge is -2.17. The van der Waals surface area contributed by atoms with E-state index in [1.807, 2.05) is 19.2 Å². The second-order valence-corrected chi connectivity index (χ2v) is 5.17. The monoisotopic (exact) mass is 279 g/mol. The molecule has 1 aromatic heterocycles. The Bertz CT molecular complexity index is 467. The number of carbonyl (C=O) groups excluding carboxylic acids is 1. The zero-order valence-electron chi connectivity index (χ0n) is 11.9. The quantitative estimate of drug-likeness (QED) is 0.774. The van der Waals surface area contributed by atoms with Crippen LogP contribution in [0.15, 0.2) is 18.5 Å². The Balaban J connectivity index is 1.90. The Morgan fingerprint density at radius 1 is 1.60 bits per heavy atom. The number of amides is 1. The molecule has 0 spiro atoms. The zero-order chi connectivity index (χ0) is 14.5. The second-order valence-electron chi connectivity index (χ2n) is 5.17. The number of pyridine rings is 1. The predicted octanol–water partition coefficient (Wildman–Crippen LogP) is -0.302. The summed E-state index contributed by atoms with van der Waals surface area (Å²) in [4.78, 5) is 17.7. The molecule has 0 aromatic carbocycles. The van der Waals surface area contributed by atoms with E-state index in [-0.39, 0.29) is 18.6 Å². The van der Waals surface area contributed by atoms with Crippen LogP contribution in [0, 0.1) is 6.92 Å². The van der Waals surface area contributed by atoms with Crippen molar-refractivity contribution < 1.29 is 14.6 Å². The molecule has 1 saturated heterocycles. The number of aliphatic hydroxyl groups excluding tert-OH is 1. The van der Waals surface area contributed by atoms with Crippen molar-refractivity contribution in [3.8, 4) is 0 Å². The summed E-state index contributed by atoms with van der Waals surface area (Å²) in [5, 5.41) is 12.8. The van der Waals surface area contributed by atoms with Gasteiger partial charge in [-0.2, -0.15) is 0 Å². The molecule has 2 N–H and O–H groups in total. The van der Waals surface area contributed by atoms with Crippen LogP contribution in [-0.2, 0) is 16.1 Å². The van der Waals surface area contributed by atoms with Crippen LogP contribution in [0.1, 0.15) is 11.1 Å². The van der Waals surface area contributed by atoms with Crippen LogP contribution >= 0.6 is 0 Å². The van der Waals surface area contributed by atoms with Gasteiger partial charge in [0.15, 0.2) is 0 Å². The van der Waals surface area contributed by atoms with E-state index in [1.54, 1.807) is 6.20 Å². The fourth-order valence-corrected chi connectivity index (χ4v) is 2.44. The predicted molar refractivity (Wildman–Crippen MR) is 74.1 cm³/mol. The first kappa shape index (κ1) is 14.9. The summed E-state index contributed by atoms with van der Waals surface area (Å²) in [6, 6.07) is 1.75. The number of nitrogens with zero attached hydrogens (tertiary/aromatic N) is 2. The number of β-amino-alcohol motifs (C(OH)–C–C–N with tert-alkyl or cyclic N) is 1. The number of likely N-dealkylation sites (tertiary alicyclic amines) is 1. The minimum Gasteiger partial charge on any atom is -0.390 e. The van der Waals surface area contributed by atoms with E-state index in [0.717, 1.165) is 12.1 Å². The number of aliphatic hydroxyl groups is 1. The maximum atomic E-state index is 11.5. The number of aryl methyl sites for hydroxylation is 1. The molecular weight excluding hydrogens is 258 g/mol. The summed E-state index contributed by atoms with van der Waals surface area (Å²) in [6.45, 7) is 3.99. The topological polar surface area (TPSA) is 74.7 Å². The lowest BCUT2D eigenvalue weighted by atomic mass is 10.1. The molecule has 0 saturated carbocycles. The van der Waals surface area contributed by atoms with Crippen LogP contribution in [0.2, 0.25) is 0 Å². The second kappa shape index (κ2) is 6.78. The molecule has 1 aromatic rings. The summed E-state index contributed by atoms with van der Waals surface area (Å²) in [5.74, 6) is -0.196. The number of nitrogens with one attached hydrogen (secondary N) is 1. The van der Waals surface area contributed by atoms with Crippen molar-refractivity contribution in [3.05, 3.63) is 29.6 Å². The average Bonchev–Trinajstić information content (AvgIpc) is 2.73. The molecule has 1 fully saturated rings. The summed E-state index contributed by atoms with van der Waals surface area (Å²) < 4.78 is 4.77.